The summed E-state index contributed by atoms with van der Waals surface area (Å²) in [5.74, 6) is -0.167. The van der Waals surface area contributed by atoms with E-state index in [9.17, 15) is 9.59 Å². The molecule has 3 N–H and O–H groups in total. The monoisotopic (exact) mass is 556 g/mol. The quantitative estimate of drug-likeness (QED) is 0.243. The van der Waals surface area contributed by atoms with Crippen molar-refractivity contribution in [1.29, 1.82) is 0 Å². The molecule has 2 aromatic heterocycles. The number of amides is 2. The minimum absolute atomic E-state index is 0.0243. The molecule has 1 aliphatic heterocycles. The molecule has 1 fully saturated rings. The zero-order chi connectivity index (χ0) is 28.7. The molecule has 2 amide bonds. The minimum atomic E-state index is -0.253. The van der Waals surface area contributed by atoms with Crippen LogP contribution in [0.3, 0.4) is 0 Å². The number of rotatable bonds is 8. The molecule has 8 nitrogen and oxygen atoms in total. The Labute approximate surface area is 244 Å². The predicted molar refractivity (Wildman–Crippen MR) is 163 cm³/mol. The molecule has 42 heavy (non-hydrogen) atoms. The molecular formula is C34H32N6O2. The molecule has 3 aromatic carbocycles. The van der Waals surface area contributed by atoms with E-state index in [-0.39, 0.29) is 17.9 Å². The lowest BCUT2D eigenvalue weighted by Crippen LogP contribution is -2.49. The first-order chi connectivity index (χ1) is 20.6. The maximum absolute atomic E-state index is 13.3. The van der Waals surface area contributed by atoms with Gasteiger partial charge in [0.25, 0.3) is 5.91 Å². The van der Waals surface area contributed by atoms with Crippen LogP contribution in [-0.4, -0.2) is 44.5 Å². The molecule has 0 saturated carbocycles. The molecule has 1 aliphatic rings. The Balaban J connectivity index is 1.15. The Morgan fingerprint density at radius 3 is 2.43 bits per heavy atom. The van der Waals surface area contributed by atoms with E-state index in [1.165, 1.54) is 0 Å². The van der Waals surface area contributed by atoms with Crippen LogP contribution < -0.4 is 10.6 Å². The summed E-state index contributed by atoms with van der Waals surface area (Å²) in [6.45, 7) is 1.73. The third-order valence-corrected chi connectivity index (χ3v) is 7.61. The Morgan fingerprint density at radius 2 is 1.67 bits per heavy atom. The summed E-state index contributed by atoms with van der Waals surface area (Å²) in [4.78, 5) is 32.8. The van der Waals surface area contributed by atoms with Gasteiger partial charge in [0.2, 0.25) is 5.91 Å². The molecule has 6 rings (SSSR count). The van der Waals surface area contributed by atoms with Crippen molar-refractivity contribution in [3.63, 3.8) is 0 Å². The topological polar surface area (TPSA) is 103 Å². The van der Waals surface area contributed by atoms with Crippen LogP contribution in [0, 0.1) is 0 Å². The Kier molecular flexibility index (Phi) is 8.14. The lowest BCUT2D eigenvalue weighted by Gasteiger charge is -2.36. The number of aromatic amines is 1. The maximum Gasteiger partial charge on any atom is 0.255 e. The predicted octanol–water partition coefficient (Wildman–Crippen LogP) is 5.22. The fraction of sp³-hybridized carbons (Fsp3) is 0.176. The number of likely N-dealkylation sites (tertiary alicyclic amines) is 1. The summed E-state index contributed by atoms with van der Waals surface area (Å²) in [7, 11) is 0. The van der Waals surface area contributed by atoms with Crippen LogP contribution >= 0.6 is 0 Å². The van der Waals surface area contributed by atoms with Gasteiger partial charge in [0.05, 0.1) is 11.6 Å². The Hall–Kier alpha value is -5.08. The summed E-state index contributed by atoms with van der Waals surface area (Å²) in [6, 6.07) is 29.2. The number of nitrogens with zero attached hydrogens (tertiary/aromatic N) is 3. The van der Waals surface area contributed by atoms with E-state index in [0.717, 1.165) is 45.3 Å². The van der Waals surface area contributed by atoms with Gasteiger partial charge in [-0.15, -0.1) is 0 Å². The molecular weight excluding hydrogens is 524 g/mol. The van der Waals surface area contributed by atoms with Gasteiger partial charge < -0.3 is 10.6 Å². The van der Waals surface area contributed by atoms with Crippen LogP contribution in [-0.2, 0) is 17.9 Å². The summed E-state index contributed by atoms with van der Waals surface area (Å²) in [5.41, 5.74) is 6.40. The number of pyridine rings is 1. The molecule has 210 valence electrons. The van der Waals surface area contributed by atoms with Gasteiger partial charge in [-0.05, 0) is 59.9 Å². The number of carbonyl (C=O) groups excluding carboxylic acids is 2. The lowest BCUT2D eigenvalue weighted by molar-refractivity contribution is -0.127. The van der Waals surface area contributed by atoms with Crippen molar-refractivity contribution < 1.29 is 9.59 Å². The highest BCUT2D eigenvalue weighted by molar-refractivity contribution is 6.01. The van der Waals surface area contributed by atoms with Crippen molar-refractivity contribution >= 4 is 22.7 Å². The largest absolute Gasteiger partial charge is 0.351 e. The van der Waals surface area contributed by atoms with Crippen molar-refractivity contribution in [3.8, 4) is 11.3 Å². The van der Waals surface area contributed by atoms with Crippen LogP contribution in [0.2, 0.25) is 0 Å². The highest BCUT2D eigenvalue weighted by atomic mass is 16.2. The van der Waals surface area contributed by atoms with Crippen LogP contribution in [0.15, 0.2) is 115 Å². The van der Waals surface area contributed by atoms with Gasteiger partial charge in [-0.2, -0.15) is 5.10 Å². The van der Waals surface area contributed by atoms with Crippen molar-refractivity contribution in [1.82, 2.24) is 30.7 Å². The minimum Gasteiger partial charge on any atom is -0.351 e. The number of hydrogen-bond donors (Lipinski definition) is 3. The van der Waals surface area contributed by atoms with Crippen molar-refractivity contribution in [3.05, 3.63) is 132 Å². The van der Waals surface area contributed by atoms with Gasteiger partial charge in [-0.1, -0.05) is 60.7 Å². The molecule has 0 radical (unpaired) electrons. The molecule has 1 atom stereocenters. The number of carbonyl (C=O) groups is 2. The molecule has 5 aromatic rings. The van der Waals surface area contributed by atoms with E-state index in [2.05, 4.69) is 42.8 Å². The second kappa shape index (κ2) is 12.6. The molecule has 0 aliphatic carbocycles. The molecule has 0 spiro atoms. The molecule has 1 unspecified atom stereocenters. The number of hydrogen-bond acceptors (Lipinski definition) is 5. The molecule has 0 bridgehead atoms. The molecule has 3 heterocycles. The van der Waals surface area contributed by atoms with Gasteiger partial charge in [0, 0.05) is 54.7 Å². The van der Waals surface area contributed by atoms with Gasteiger partial charge in [-0.25, -0.2) is 0 Å². The normalized spacial score (nSPS) is 16.4. The van der Waals surface area contributed by atoms with E-state index >= 15 is 0 Å². The number of benzene rings is 3. The summed E-state index contributed by atoms with van der Waals surface area (Å²) >= 11 is 0. The van der Waals surface area contributed by atoms with Crippen LogP contribution in [0.5, 0.6) is 0 Å². The Bertz CT molecular complexity index is 1700. The number of nitrogens with one attached hydrogen (secondary N) is 3. The smallest absolute Gasteiger partial charge is 0.255 e. The molecule has 8 heteroatoms. The summed E-state index contributed by atoms with van der Waals surface area (Å²) < 4.78 is 0. The highest BCUT2D eigenvalue weighted by Gasteiger charge is 2.30. The fourth-order valence-corrected chi connectivity index (χ4v) is 5.39. The van der Waals surface area contributed by atoms with Gasteiger partial charge in [0.15, 0.2) is 0 Å². The van der Waals surface area contributed by atoms with E-state index in [1.54, 1.807) is 18.5 Å². The average Bonchev–Trinajstić information content (AvgIpc) is 3.47. The third kappa shape index (κ3) is 6.29. The van der Waals surface area contributed by atoms with E-state index in [0.29, 0.717) is 31.6 Å². The van der Waals surface area contributed by atoms with Crippen LogP contribution in [0.4, 0.5) is 0 Å². The second-order valence-electron chi connectivity index (χ2n) is 10.5. The number of H-pyrrole nitrogens is 1. The first-order valence-electron chi connectivity index (χ1n) is 14.1. The maximum atomic E-state index is 13.3. The van der Waals surface area contributed by atoms with Gasteiger partial charge >= 0.3 is 0 Å². The van der Waals surface area contributed by atoms with Gasteiger partial charge in [0.1, 0.15) is 5.69 Å². The third-order valence-electron chi connectivity index (χ3n) is 7.61. The zero-order valence-corrected chi connectivity index (χ0v) is 23.2. The average molecular weight is 557 g/mol. The first kappa shape index (κ1) is 27.1. The van der Waals surface area contributed by atoms with Gasteiger partial charge in [-0.3, -0.25) is 24.6 Å². The second-order valence-corrected chi connectivity index (χ2v) is 10.5. The number of aromatic nitrogens is 3. The van der Waals surface area contributed by atoms with Crippen LogP contribution in [0.1, 0.15) is 34.3 Å². The van der Waals surface area contributed by atoms with E-state index in [1.807, 2.05) is 79.0 Å². The number of fused-ring (bicyclic) bond motifs is 1. The summed E-state index contributed by atoms with van der Waals surface area (Å²) in [6.07, 6.45) is 6.65. The van der Waals surface area contributed by atoms with Crippen LogP contribution in [0.25, 0.3) is 22.2 Å². The van der Waals surface area contributed by atoms with Crippen molar-refractivity contribution in [2.75, 3.05) is 6.54 Å². The molecule has 1 saturated heterocycles. The Morgan fingerprint density at radius 1 is 0.929 bits per heavy atom. The van der Waals surface area contributed by atoms with Crippen molar-refractivity contribution in [2.24, 2.45) is 0 Å². The highest BCUT2D eigenvalue weighted by Crippen LogP contribution is 2.27. The first-order valence-corrected chi connectivity index (χ1v) is 14.1. The van der Waals surface area contributed by atoms with E-state index in [4.69, 9.17) is 0 Å². The van der Waals surface area contributed by atoms with Crippen molar-refractivity contribution in [2.45, 2.75) is 32.0 Å². The lowest BCUT2D eigenvalue weighted by atomic mass is 9.96. The SMILES string of the molecule is O=C(N/C=C1/CCC(C(=O)NCc2ccccc2)N(Cc2ccccc2)C1)c1ccc2[nH]nc(-c3ccncc3)c2c1. The zero-order valence-electron chi connectivity index (χ0n) is 23.2. The summed E-state index contributed by atoms with van der Waals surface area (Å²) in [5, 5.41) is 14.5. The number of piperidine rings is 1. The standard InChI is InChI=1S/C34H32N6O2/c41-33(28-12-13-30-29(19-28)32(39-38-30)27-15-17-35-18-16-27)36-21-26-11-14-31(34(42)37-20-24-7-3-1-4-8-24)40(23-26)22-25-9-5-2-6-10-25/h1-10,12-13,15-19,21,31H,11,14,20,22-23H2,(H,36,41)(H,37,42)(H,38,39)/b26-21-. The fourth-order valence-electron chi connectivity index (χ4n) is 5.39. The van der Waals surface area contributed by atoms with E-state index < -0.39 is 0 Å².